The average Bonchev–Trinajstić information content (AvgIpc) is 2.90. The van der Waals surface area contributed by atoms with Crippen molar-refractivity contribution >= 4 is 27.8 Å². The Morgan fingerprint density at radius 3 is 2.45 bits per heavy atom. The Morgan fingerprint density at radius 2 is 1.85 bits per heavy atom. The molecule has 1 aliphatic carbocycles. The number of rotatable bonds is 4. The maximum atomic E-state index is 12.4. The van der Waals surface area contributed by atoms with Crippen LogP contribution in [0.1, 0.15) is 24.8 Å². The van der Waals surface area contributed by atoms with Gasteiger partial charge in [-0.05, 0) is 30.5 Å². The second-order valence-electron chi connectivity index (χ2n) is 5.30. The largest absolute Gasteiger partial charge is 0.481 e. The molecule has 0 saturated heterocycles. The fourth-order valence-electron chi connectivity index (χ4n) is 2.78. The molecule has 2 atom stereocenters. The molecule has 2 rings (SSSR count). The third-order valence-corrected chi connectivity index (χ3v) is 4.39. The third-order valence-electron chi connectivity index (χ3n) is 3.86. The van der Waals surface area contributed by atoms with E-state index in [2.05, 4.69) is 15.9 Å². The molecule has 20 heavy (non-hydrogen) atoms. The summed E-state index contributed by atoms with van der Waals surface area (Å²) in [5.41, 5.74) is 1.04. The molecule has 1 fully saturated rings. The quantitative estimate of drug-likeness (QED) is 0.917. The zero-order valence-corrected chi connectivity index (χ0v) is 13.0. The Kier molecular flexibility index (Phi) is 4.81. The molecule has 0 spiro atoms. The molecular weight excluding hydrogens is 322 g/mol. The molecule has 1 aromatic carbocycles. The van der Waals surface area contributed by atoms with Gasteiger partial charge in [-0.3, -0.25) is 9.59 Å². The van der Waals surface area contributed by atoms with Crippen LogP contribution < -0.4 is 0 Å². The lowest BCUT2D eigenvalue weighted by Gasteiger charge is -2.23. The van der Waals surface area contributed by atoms with Crippen LogP contribution in [0.4, 0.5) is 0 Å². The molecule has 1 saturated carbocycles. The van der Waals surface area contributed by atoms with Crippen molar-refractivity contribution < 1.29 is 14.7 Å². The first-order valence-corrected chi connectivity index (χ1v) is 7.50. The number of carboxylic acid groups (broad SMARTS) is 1. The van der Waals surface area contributed by atoms with E-state index in [9.17, 15) is 9.59 Å². The molecule has 2 unspecified atom stereocenters. The van der Waals surface area contributed by atoms with Gasteiger partial charge in [0.25, 0.3) is 0 Å². The number of benzene rings is 1. The number of hydrogen-bond acceptors (Lipinski definition) is 2. The SMILES string of the molecule is CN(Cc1ccc(Br)cc1)C(=O)C1CCCC1C(=O)O. The van der Waals surface area contributed by atoms with Gasteiger partial charge < -0.3 is 10.0 Å². The third kappa shape index (κ3) is 3.39. The predicted molar refractivity (Wildman–Crippen MR) is 79.1 cm³/mol. The summed E-state index contributed by atoms with van der Waals surface area (Å²) >= 11 is 3.37. The van der Waals surface area contributed by atoms with Crippen LogP contribution >= 0.6 is 15.9 Å². The summed E-state index contributed by atoms with van der Waals surface area (Å²) in [4.78, 5) is 25.2. The van der Waals surface area contributed by atoms with Gasteiger partial charge >= 0.3 is 5.97 Å². The maximum absolute atomic E-state index is 12.4. The molecule has 1 aliphatic rings. The van der Waals surface area contributed by atoms with Crippen LogP contribution in [0.2, 0.25) is 0 Å². The van der Waals surface area contributed by atoms with Crippen molar-refractivity contribution in [3.8, 4) is 0 Å². The molecule has 4 nitrogen and oxygen atoms in total. The predicted octanol–water partition coefficient (Wildman–Crippen LogP) is 2.91. The van der Waals surface area contributed by atoms with E-state index >= 15 is 0 Å². The van der Waals surface area contributed by atoms with Crippen molar-refractivity contribution in [2.24, 2.45) is 11.8 Å². The number of aliphatic carboxylic acids is 1. The molecule has 0 aliphatic heterocycles. The van der Waals surface area contributed by atoms with E-state index in [4.69, 9.17) is 5.11 Å². The highest BCUT2D eigenvalue weighted by Crippen LogP contribution is 2.33. The van der Waals surface area contributed by atoms with Crippen molar-refractivity contribution in [1.29, 1.82) is 0 Å². The van der Waals surface area contributed by atoms with Crippen molar-refractivity contribution in [2.45, 2.75) is 25.8 Å². The Balaban J connectivity index is 2.01. The highest BCUT2D eigenvalue weighted by atomic mass is 79.9. The lowest BCUT2D eigenvalue weighted by molar-refractivity contribution is -0.148. The standard InChI is InChI=1S/C15H18BrNO3/c1-17(9-10-5-7-11(16)8-6-10)14(18)12-3-2-4-13(12)15(19)20/h5-8,12-13H,2-4,9H2,1H3,(H,19,20). The fourth-order valence-corrected chi connectivity index (χ4v) is 3.04. The van der Waals surface area contributed by atoms with Gasteiger partial charge in [0.15, 0.2) is 0 Å². The topological polar surface area (TPSA) is 57.6 Å². The Bertz CT molecular complexity index is 500. The molecule has 5 heteroatoms. The lowest BCUT2D eigenvalue weighted by Crippen LogP contribution is -2.36. The molecule has 0 aromatic heterocycles. The first-order valence-electron chi connectivity index (χ1n) is 6.71. The molecule has 108 valence electrons. The van der Waals surface area contributed by atoms with Crippen molar-refractivity contribution in [3.63, 3.8) is 0 Å². The number of amides is 1. The molecule has 0 heterocycles. The van der Waals surface area contributed by atoms with Crippen LogP contribution in [0.3, 0.4) is 0 Å². The first kappa shape index (κ1) is 15.0. The average molecular weight is 340 g/mol. The van der Waals surface area contributed by atoms with Crippen LogP contribution in [0.15, 0.2) is 28.7 Å². The van der Waals surface area contributed by atoms with E-state index in [1.165, 1.54) is 0 Å². The summed E-state index contributed by atoms with van der Waals surface area (Å²) in [6, 6.07) is 7.78. The highest BCUT2D eigenvalue weighted by molar-refractivity contribution is 9.10. The Hall–Kier alpha value is -1.36. The summed E-state index contributed by atoms with van der Waals surface area (Å²) in [7, 11) is 1.74. The number of halogens is 1. The highest BCUT2D eigenvalue weighted by Gasteiger charge is 2.38. The number of carbonyl (C=O) groups is 2. The van der Waals surface area contributed by atoms with Gasteiger partial charge in [0.1, 0.15) is 0 Å². The second-order valence-corrected chi connectivity index (χ2v) is 6.22. The number of carboxylic acids is 1. The number of carbonyl (C=O) groups excluding carboxylic acids is 1. The number of nitrogens with zero attached hydrogens (tertiary/aromatic N) is 1. The first-order chi connectivity index (χ1) is 9.49. The molecule has 1 aromatic rings. The normalized spacial score (nSPS) is 21.7. The van der Waals surface area contributed by atoms with Crippen LogP contribution in [0.25, 0.3) is 0 Å². The molecular formula is C15H18BrNO3. The van der Waals surface area contributed by atoms with E-state index in [1.54, 1.807) is 11.9 Å². The molecule has 1 N–H and O–H groups in total. The van der Waals surface area contributed by atoms with Crippen molar-refractivity contribution in [1.82, 2.24) is 4.90 Å². The van der Waals surface area contributed by atoms with Crippen molar-refractivity contribution in [3.05, 3.63) is 34.3 Å². The summed E-state index contributed by atoms with van der Waals surface area (Å²) in [5, 5.41) is 9.16. The summed E-state index contributed by atoms with van der Waals surface area (Å²) < 4.78 is 0.997. The zero-order chi connectivity index (χ0) is 14.7. The van der Waals surface area contributed by atoms with Crippen LogP contribution in [0, 0.1) is 11.8 Å². The molecule has 0 radical (unpaired) electrons. The van der Waals surface area contributed by atoms with Gasteiger partial charge in [0.05, 0.1) is 11.8 Å². The maximum Gasteiger partial charge on any atom is 0.307 e. The summed E-state index contributed by atoms with van der Waals surface area (Å²) in [6.07, 6.45) is 2.11. The minimum atomic E-state index is -0.849. The van der Waals surface area contributed by atoms with Crippen LogP contribution in [-0.2, 0) is 16.1 Å². The van der Waals surface area contributed by atoms with Gasteiger partial charge in [-0.1, -0.05) is 34.5 Å². The Morgan fingerprint density at radius 1 is 1.25 bits per heavy atom. The monoisotopic (exact) mass is 339 g/mol. The van der Waals surface area contributed by atoms with Gasteiger partial charge in [-0.15, -0.1) is 0 Å². The molecule has 0 bridgehead atoms. The minimum absolute atomic E-state index is 0.0576. The van der Waals surface area contributed by atoms with Gasteiger partial charge in [-0.25, -0.2) is 0 Å². The van der Waals surface area contributed by atoms with Crippen molar-refractivity contribution in [2.75, 3.05) is 7.05 Å². The van der Waals surface area contributed by atoms with Gasteiger partial charge in [0.2, 0.25) is 5.91 Å². The smallest absolute Gasteiger partial charge is 0.307 e. The second kappa shape index (κ2) is 6.39. The van der Waals surface area contributed by atoms with E-state index in [-0.39, 0.29) is 11.8 Å². The Labute approximate surface area is 126 Å². The van der Waals surface area contributed by atoms with Crippen LogP contribution in [-0.4, -0.2) is 28.9 Å². The fraction of sp³-hybridized carbons (Fsp3) is 0.467. The van der Waals surface area contributed by atoms with E-state index in [1.807, 2.05) is 24.3 Å². The molecule has 1 amide bonds. The van der Waals surface area contributed by atoms with E-state index < -0.39 is 11.9 Å². The summed E-state index contributed by atoms with van der Waals surface area (Å²) in [6.45, 7) is 0.509. The van der Waals surface area contributed by atoms with Gasteiger partial charge in [0, 0.05) is 18.1 Å². The lowest BCUT2D eigenvalue weighted by atomic mass is 9.95. The van der Waals surface area contributed by atoms with Gasteiger partial charge in [-0.2, -0.15) is 0 Å². The summed E-state index contributed by atoms with van der Waals surface area (Å²) in [5.74, 6) is -1.79. The van der Waals surface area contributed by atoms with E-state index in [0.29, 0.717) is 19.4 Å². The zero-order valence-electron chi connectivity index (χ0n) is 11.4. The minimum Gasteiger partial charge on any atom is -0.481 e. The van der Waals surface area contributed by atoms with Crippen LogP contribution in [0.5, 0.6) is 0 Å². The number of hydrogen-bond donors (Lipinski definition) is 1. The van der Waals surface area contributed by atoms with E-state index in [0.717, 1.165) is 16.5 Å².